The summed E-state index contributed by atoms with van der Waals surface area (Å²) in [7, 11) is 3.74. The smallest absolute Gasteiger partial charge is 0.229 e. The van der Waals surface area contributed by atoms with Gasteiger partial charge in [-0.1, -0.05) is 24.3 Å². The fourth-order valence-corrected chi connectivity index (χ4v) is 16.7. The zero-order chi connectivity index (χ0) is 102. The SMILES string of the molecule is CN(c1cc(-c2cnc(N)nc2)nc(N2CCOCC2)n1)C1CCOCC1.COc1cccc2ncc(Nc3cc(-c4cnc(N)nc4)nc(N4CCOCC4)n3)cc12.N#Cc1cc(N)ncc1-c1cc(Nc2cnc3ccccc3c2)nc(N2CCOCC2)n1.Nc1ncc(-c2cc(Nc3ccc(N4CCNCC4)nc3)nc(N3CCOCC3)n2)cn1.Nc1ncc(-c2cc(Oc3cccnc3)nc(N3CCOCC3)n2)cn1. The molecule has 0 radical (unpaired) electrons. The molecule has 48 heteroatoms. The van der Waals surface area contributed by atoms with Crippen LogP contribution in [0.5, 0.6) is 17.4 Å². The number of rotatable bonds is 22. The number of nitrogens with zero attached hydrogens (tertiary/aromatic N) is 31. The summed E-state index contributed by atoms with van der Waals surface area (Å²) in [6.45, 7) is 19.2. The third-order valence-corrected chi connectivity index (χ3v) is 24.7. The van der Waals surface area contributed by atoms with Crippen LogP contribution in [0.1, 0.15) is 18.4 Å². The predicted molar refractivity (Wildman–Crippen MR) is 565 cm³/mol. The van der Waals surface area contributed by atoms with Gasteiger partial charge in [-0.05, 0) is 73.5 Å². The van der Waals surface area contributed by atoms with E-state index in [0.29, 0.717) is 185 Å². The van der Waals surface area contributed by atoms with Crippen molar-refractivity contribution in [3.05, 3.63) is 208 Å². The number of para-hydroxylation sites is 1. The van der Waals surface area contributed by atoms with E-state index >= 15 is 0 Å². The first kappa shape index (κ1) is 100.0. The van der Waals surface area contributed by atoms with Crippen LogP contribution in [0.4, 0.5) is 106 Å². The van der Waals surface area contributed by atoms with E-state index < -0.39 is 0 Å². The van der Waals surface area contributed by atoms with Gasteiger partial charge in [-0.15, -0.1) is 0 Å². The van der Waals surface area contributed by atoms with Crippen LogP contribution < -0.4 is 93.7 Å². The number of anilines is 18. The summed E-state index contributed by atoms with van der Waals surface area (Å²) in [5.74, 6) is 9.81. The molecule has 14 N–H and O–H groups in total. The highest BCUT2D eigenvalue weighted by molar-refractivity contribution is 5.89. The second-order valence-electron chi connectivity index (χ2n) is 34.6. The largest absolute Gasteiger partial charge is 0.496 e. The molecular weight excluding hydrogens is 1900 g/mol. The van der Waals surface area contributed by atoms with Crippen molar-refractivity contribution in [2.24, 2.45) is 0 Å². The molecule has 2 aromatic carbocycles. The van der Waals surface area contributed by atoms with Crippen molar-refractivity contribution in [2.45, 2.75) is 18.9 Å². The highest BCUT2D eigenvalue weighted by Gasteiger charge is 2.28. The molecule has 48 nitrogen and oxygen atoms in total. The van der Waals surface area contributed by atoms with E-state index in [-0.39, 0.29) is 29.6 Å². The summed E-state index contributed by atoms with van der Waals surface area (Å²) in [4.78, 5) is 117. The fraction of sp³-hybridized carbons (Fsp3) is 0.307. The highest BCUT2D eigenvalue weighted by Crippen LogP contribution is 2.36. The molecule has 0 spiro atoms. The number of benzene rings is 2. The first-order valence-corrected chi connectivity index (χ1v) is 48.6. The summed E-state index contributed by atoms with van der Waals surface area (Å²) < 4.78 is 44.1. The molecule has 21 heterocycles. The Morgan fingerprint density at radius 1 is 0.383 bits per heavy atom. The number of nitriles is 1. The van der Waals surface area contributed by atoms with Crippen LogP contribution in [-0.2, 0) is 28.4 Å². The van der Waals surface area contributed by atoms with Crippen molar-refractivity contribution in [1.82, 2.24) is 120 Å². The molecule has 0 saturated carbocycles. The number of methoxy groups -OCH3 is 1. The Kier molecular flexibility index (Phi) is 32.7. The number of nitrogens with one attached hydrogen (secondary N) is 4. The van der Waals surface area contributed by atoms with Crippen LogP contribution in [-0.4, -0.2) is 306 Å². The predicted octanol–water partition coefficient (Wildman–Crippen LogP) is 9.18. The quantitative estimate of drug-likeness (QED) is 0.0305. The second-order valence-corrected chi connectivity index (χ2v) is 34.6. The van der Waals surface area contributed by atoms with Crippen molar-refractivity contribution in [3.8, 4) is 79.7 Å². The minimum atomic E-state index is 0.211. The Labute approximate surface area is 856 Å². The lowest BCUT2D eigenvalue weighted by Gasteiger charge is -2.33. The Morgan fingerprint density at radius 2 is 0.819 bits per heavy atom. The maximum absolute atomic E-state index is 9.60. The summed E-state index contributed by atoms with van der Waals surface area (Å²) in [5, 5.41) is 25.0. The third-order valence-electron chi connectivity index (χ3n) is 24.7. The number of nitrogens with two attached hydrogens (primary N) is 5. The molecule has 7 aliphatic heterocycles. The van der Waals surface area contributed by atoms with E-state index in [0.717, 1.165) is 181 Å². The van der Waals surface area contributed by atoms with E-state index in [9.17, 15) is 5.26 Å². The van der Waals surface area contributed by atoms with Crippen molar-refractivity contribution >= 4 is 127 Å². The summed E-state index contributed by atoms with van der Waals surface area (Å²) in [5.41, 5.74) is 40.0. The summed E-state index contributed by atoms with van der Waals surface area (Å²) in [6, 6.07) is 38.8. The van der Waals surface area contributed by atoms with Gasteiger partial charge in [-0.25, -0.2) is 74.8 Å². The normalized spacial score (nSPS) is 15.3. The fourth-order valence-electron chi connectivity index (χ4n) is 16.7. The molecule has 16 aromatic rings. The number of aromatic nitrogens is 23. The molecule has 0 unspecified atom stereocenters. The number of morpholine rings is 5. The molecule has 0 atom stereocenters. The molecule has 7 aliphatic rings. The van der Waals surface area contributed by atoms with Crippen LogP contribution in [0.25, 0.3) is 78.1 Å². The number of fused-ring (bicyclic) bond motifs is 2. The van der Waals surface area contributed by atoms with Crippen LogP contribution in [0, 0.1) is 11.3 Å². The summed E-state index contributed by atoms with van der Waals surface area (Å²) in [6.07, 6.45) is 25.5. The lowest BCUT2D eigenvalue weighted by Crippen LogP contribution is -2.43. The number of ether oxygens (including phenoxy) is 8. The van der Waals surface area contributed by atoms with Gasteiger partial charge in [-0.3, -0.25) is 15.0 Å². The minimum absolute atomic E-state index is 0.211. The van der Waals surface area contributed by atoms with Crippen molar-refractivity contribution in [1.29, 1.82) is 5.26 Å². The Hall–Kier alpha value is -17.8. The monoisotopic (exact) mass is 2010 g/mol. The lowest BCUT2D eigenvalue weighted by molar-refractivity contribution is 0.0853. The van der Waals surface area contributed by atoms with Crippen LogP contribution in [0.2, 0.25) is 0 Å². The molecular formula is C101H110N40O8. The number of pyridine rings is 5. The van der Waals surface area contributed by atoms with Gasteiger partial charge in [0.25, 0.3) is 0 Å². The number of hydrogen-bond donors (Lipinski definition) is 9. The number of hydrogen-bond acceptors (Lipinski definition) is 48. The molecule has 762 valence electrons. The van der Waals surface area contributed by atoms with Crippen LogP contribution in [0.3, 0.4) is 0 Å². The Bertz CT molecular complexity index is 7190. The van der Waals surface area contributed by atoms with Gasteiger partial charge >= 0.3 is 0 Å². The topological polar surface area (TPSA) is 595 Å². The number of piperazine rings is 1. The molecule has 14 aromatic heterocycles. The average Bonchev–Trinajstić information content (AvgIpc) is 0.841. The van der Waals surface area contributed by atoms with Gasteiger partial charge in [0.05, 0.1) is 160 Å². The van der Waals surface area contributed by atoms with E-state index in [1.54, 1.807) is 112 Å². The molecule has 7 fully saturated rings. The van der Waals surface area contributed by atoms with Gasteiger partial charge in [0, 0.05) is 249 Å². The van der Waals surface area contributed by atoms with E-state index in [1.165, 1.54) is 0 Å². The molecule has 0 bridgehead atoms. The van der Waals surface area contributed by atoms with Crippen LogP contribution >= 0.6 is 0 Å². The van der Waals surface area contributed by atoms with Gasteiger partial charge in [-0.2, -0.15) is 30.2 Å². The zero-order valence-corrected chi connectivity index (χ0v) is 81.9. The molecule has 23 rings (SSSR count). The first-order chi connectivity index (χ1) is 73.1. The maximum Gasteiger partial charge on any atom is 0.229 e. The standard InChI is InChI=1S/C23H20N8O.C22H22N8O2.C21H26N10O.C18H25N7O2.C17H17N7O2/c24-12-16-10-21(25)27-14-18(16)20-11-22(30-23(29-20)31-5-7-32-8-6-31)28-17-9-15-3-1-2-4-19(15)26-13-17;1-31-19-4-2-3-17-16(19)9-15(13-24-17)27-20-10-18(14-11-25-21(23)26-12-14)28-22(29-20)30-5-7-32-8-6-30;22-20-25-12-15(13-26-20)17-11-18(29-21(28-17)31-7-9-32-10-8-31)27-16-1-2-19(24-14-16)30-5-3-23-4-6-30;1-24(14-2-6-26-7-3-14)16-10-15(13-11-20-17(19)21-12-13)22-18(23-16)25-4-8-27-9-5-25;18-16-20-9-12(10-21-16)14-8-15(26-13-2-1-3-19-11-13)23-17(22-14)24-4-6-25-7-5-24/h1-4,9-11,13-14H,5-8H2,(H2,25,27)(H,28,29,30);2-4,9-13H,5-8H2,1H3,(H2,23,25,26)(H,27,28,29);1-2,11-14,23H,3-10H2,(H2,22,25,26)(H,27,28,29);10-12,14H,2-9H2,1H3,(H2,19,20,21);1-3,8-11H,4-7H2,(H2,18,20,21). The summed E-state index contributed by atoms with van der Waals surface area (Å²) >= 11 is 0. The third kappa shape index (κ3) is 26.5. The zero-order valence-electron chi connectivity index (χ0n) is 81.9. The molecule has 149 heavy (non-hydrogen) atoms. The minimum Gasteiger partial charge on any atom is -0.496 e. The average molecular weight is 2010 g/mol. The lowest BCUT2D eigenvalue weighted by atomic mass is 10.1. The van der Waals surface area contributed by atoms with E-state index in [2.05, 4.69) is 143 Å². The van der Waals surface area contributed by atoms with Crippen molar-refractivity contribution in [2.75, 3.05) is 264 Å². The van der Waals surface area contributed by atoms with E-state index in [1.807, 2.05) is 97.2 Å². The highest BCUT2D eigenvalue weighted by atomic mass is 16.5. The number of nitrogen functional groups attached to an aromatic ring is 5. The van der Waals surface area contributed by atoms with Crippen molar-refractivity contribution in [3.63, 3.8) is 0 Å². The first-order valence-electron chi connectivity index (χ1n) is 48.6. The van der Waals surface area contributed by atoms with Gasteiger partial charge in [0.1, 0.15) is 52.5 Å². The maximum atomic E-state index is 9.60. The second kappa shape index (κ2) is 48.8. The van der Waals surface area contributed by atoms with Gasteiger partial charge < -0.3 is 122 Å². The van der Waals surface area contributed by atoms with E-state index in [4.69, 9.17) is 106 Å². The van der Waals surface area contributed by atoms with Crippen LogP contribution in [0.15, 0.2) is 202 Å². The Morgan fingerprint density at radius 3 is 1.30 bits per heavy atom. The van der Waals surface area contributed by atoms with Gasteiger partial charge in [0.15, 0.2) is 0 Å². The molecule has 0 amide bonds. The molecule has 0 aliphatic carbocycles. The molecule has 7 saturated heterocycles. The van der Waals surface area contributed by atoms with Crippen molar-refractivity contribution < 1.29 is 37.9 Å². The van der Waals surface area contributed by atoms with Gasteiger partial charge in [0.2, 0.25) is 59.4 Å². The Balaban J connectivity index is 0.000000117.